The molecular weight excluding hydrogens is 338 g/mol. The van der Waals surface area contributed by atoms with Crippen molar-refractivity contribution >= 4 is 22.6 Å². The second-order valence-corrected chi connectivity index (χ2v) is 6.49. The molecule has 0 aliphatic heterocycles. The topological polar surface area (TPSA) is 72.7 Å². The number of aryl methyl sites for hydroxylation is 3. The maximum atomic E-state index is 13.1. The summed E-state index contributed by atoms with van der Waals surface area (Å²) >= 11 is 0. The fourth-order valence-electron chi connectivity index (χ4n) is 3.20. The lowest BCUT2D eigenvalue weighted by Gasteiger charge is -2.12. The molecule has 0 aliphatic rings. The van der Waals surface area contributed by atoms with E-state index in [-0.39, 0.29) is 5.91 Å². The number of hydrogen-bond donors (Lipinski definition) is 1. The molecule has 134 valence electrons. The molecule has 3 heterocycles. The van der Waals surface area contributed by atoms with Crippen LogP contribution in [0.15, 0.2) is 55.0 Å². The van der Waals surface area contributed by atoms with Gasteiger partial charge in [-0.3, -0.25) is 9.78 Å². The molecule has 0 spiro atoms. The van der Waals surface area contributed by atoms with Gasteiger partial charge in [-0.25, -0.2) is 9.67 Å². The third-order valence-corrected chi connectivity index (χ3v) is 4.60. The summed E-state index contributed by atoms with van der Waals surface area (Å²) in [5.41, 5.74) is 5.41. The van der Waals surface area contributed by atoms with Gasteiger partial charge in [0.05, 0.1) is 34.2 Å². The summed E-state index contributed by atoms with van der Waals surface area (Å²) in [5, 5.41) is 8.18. The first-order valence-electron chi connectivity index (χ1n) is 8.68. The lowest BCUT2D eigenvalue weighted by molar-refractivity contribution is 0.102. The standard InChI is InChI=1S/C21H19N5O/c1-13-9-10-22-15(3)19(13)25-21(27)18-14(2)11-23-20-17(18)12-24-26(20)16-7-5-4-6-8-16/h4-12H,1-3H3,(H,25,27). The molecule has 0 atom stereocenters. The van der Waals surface area contributed by atoms with E-state index in [0.717, 1.165) is 33.6 Å². The zero-order valence-corrected chi connectivity index (χ0v) is 15.4. The summed E-state index contributed by atoms with van der Waals surface area (Å²) in [6.45, 7) is 5.71. The van der Waals surface area contributed by atoms with Crippen LogP contribution in [0.5, 0.6) is 0 Å². The first-order chi connectivity index (χ1) is 13.1. The maximum absolute atomic E-state index is 13.1. The zero-order valence-electron chi connectivity index (χ0n) is 15.4. The highest BCUT2D eigenvalue weighted by atomic mass is 16.1. The Morgan fingerprint density at radius 3 is 2.48 bits per heavy atom. The van der Waals surface area contributed by atoms with Crippen molar-refractivity contribution < 1.29 is 4.79 Å². The van der Waals surface area contributed by atoms with Crippen molar-refractivity contribution in [2.24, 2.45) is 0 Å². The van der Waals surface area contributed by atoms with E-state index in [9.17, 15) is 4.79 Å². The van der Waals surface area contributed by atoms with E-state index >= 15 is 0 Å². The first-order valence-corrected chi connectivity index (χ1v) is 8.68. The van der Waals surface area contributed by atoms with Gasteiger partial charge in [-0.2, -0.15) is 5.10 Å². The van der Waals surface area contributed by atoms with Crippen LogP contribution < -0.4 is 5.32 Å². The fraction of sp³-hybridized carbons (Fsp3) is 0.143. The monoisotopic (exact) mass is 357 g/mol. The van der Waals surface area contributed by atoms with Crippen LogP contribution in [0.25, 0.3) is 16.7 Å². The van der Waals surface area contributed by atoms with Crippen molar-refractivity contribution in [1.29, 1.82) is 0 Å². The first kappa shape index (κ1) is 16.9. The van der Waals surface area contributed by atoms with Crippen molar-refractivity contribution in [3.8, 4) is 5.69 Å². The van der Waals surface area contributed by atoms with Gasteiger partial charge >= 0.3 is 0 Å². The lowest BCUT2D eigenvalue weighted by atomic mass is 10.1. The van der Waals surface area contributed by atoms with E-state index in [1.807, 2.05) is 57.2 Å². The Kier molecular flexibility index (Phi) is 4.16. The van der Waals surface area contributed by atoms with Crippen LogP contribution in [0.4, 0.5) is 5.69 Å². The highest BCUT2D eigenvalue weighted by molar-refractivity contribution is 6.13. The third-order valence-electron chi connectivity index (χ3n) is 4.60. The van der Waals surface area contributed by atoms with E-state index in [2.05, 4.69) is 20.4 Å². The SMILES string of the molecule is Cc1ccnc(C)c1NC(=O)c1c(C)cnc2c1cnn2-c1ccccc1. The summed E-state index contributed by atoms with van der Waals surface area (Å²) in [7, 11) is 0. The number of hydrogen-bond acceptors (Lipinski definition) is 4. The van der Waals surface area contributed by atoms with E-state index in [4.69, 9.17) is 0 Å². The highest BCUT2D eigenvalue weighted by Gasteiger charge is 2.19. The summed E-state index contributed by atoms with van der Waals surface area (Å²) in [6.07, 6.45) is 5.14. The molecule has 0 aliphatic carbocycles. The molecule has 0 saturated heterocycles. The molecule has 1 N–H and O–H groups in total. The Balaban J connectivity index is 1.81. The van der Waals surface area contributed by atoms with Gasteiger partial charge in [0, 0.05) is 12.4 Å². The molecule has 27 heavy (non-hydrogen) atoms. The summed E-state index contributed by atoms with van der Waals surface area (Å²) in [5.74, 6) is -0.188. The van der Waals surface area contributed by atoms with Crippen molar-refractivity contribution in [2.75, 3.05) is 5.32 Å². The molecular formula is C21H19N5O. The molecule has 0 radical (unpaired) electrons. The molecule has 6 heteroatoms. The minimum atomic E-state index is -0.188. The van der Waals surface area contributed by atoms with Crippen LogP contribution >= 0.6 is 0 Å². The third kappa shape index (κ3) is 2.95. The van der Waals surface area contributed by atoms with Gasteiger partial charge < -0.3 is 5.32 Å². The second-order valence-electron chi connectivity index (χ2n) is 6.49. The van der Waals surface area contributed by atoms with Gasteiger partial charge in [0.1, 0.15) is 0 Å². The van der Waals surface area contributed by atoms with Crippen LogP contribution in [-0.2, 0) is 0 Å². The van der Waals surface area contributed by atoms with E-state index < -0.39 is 0 Å². The summed E-state index contributed by atoms with van der Waals surface area (Å²) < 4.78 is 1.74. The van der Waals surface area contributed by atoms with Crippen LogP contribution in [0.2, 0.25) is 0 Å². The van der Waals surface area contributed by atoms with Crippen LogP contribution in [0.1, 0.15) is 27.2 Å². The molecule has 4 rings (SSSR count). The Morgan fingerprint density at radius 1 is 0.963 bits per heavy atom. The summed E-state index contributed by atoms with van der Waals surface area (Å²) in [6, 6.07) is 11.6. The number of fused-ring (bicyclic) bond motifs is 1. The zero-order chi connectivity index (χ0) is 19.0. The number of nitrogens with zero attached hydrogens (tertiary/aromatic N) is 4. The number of amides is 1. The number of para-hydroxylation sites is 1. The largest absolute Gasteiger partial charge is 0.320 e. The van der Waals surface area contributed by atoms with Crippen molar-refractivity contribution in [3.05, 3.63) is 77.4 Å². The Labute approximate surface area is 156 Å². The average Bonchev–Trinajstić information content (AvgIpc) is 3.09. The number of pyridine rings is 2. The molecule has 6 nitrogen and oxygen atoms in total. The molecule has 3 aromatic heterocycles. The molecule has 4 aromatic rings. The Hall–Kier alpha value is -3.54. The van der Waals surface area contributed by atoms with Crippen LogP contribution in [0, 0.1) is 20.8 Å². The van der Waals surface area contributed by atoms with Crippen molar-refractivity contribution in [3.63, 3.8) is 0 Å². The van der Waals surface area contributed by atoms with E-state index in [1.54, 1.807) is 23.3 Å². The molecule has 1 amide bonds. The number of carbonyl (C=O) groups excluding carboxylic acids is 1. The number of benzene rings is 1. The molecule has 0 fully saturated rings. The van der Waals surface area contributed by atoms with Gasteiger partial charge in [0.25, 0.3) is 5.91 Å². The number of rotatable bonds is 3. The van der Waals surface area contributed by atoms with Crippen molar-refractivity contribution in [2.45, 2.75) is 20.8 Å². The van der Waals surface area contributed by atoms with E-state index in [0.29, 0.717) is 11.2 Å². The maximum Gasteiger partial charge on any atom is 0.256 e. The minimum Gasteiger partial charge on any atom is -0.320 e. The highest BCUT2D eigenvalue weighted by Crippen LogP contribution is 2.25. The molecule has 1 aromatic carbocycles. The van der Waals surface area contributed by atoms with Crippen LogP contribution in [0.3, 0.4) is 0 Å². The van der Waals surface area contributed by atoms with Crippen LogP contribution in [-0.4, -0.2) is 25.7 Å². The van der Waals surface area contributed by atoms with Gasteiger partial charge in [-0.15, -0.1) is 0 Å². The molecule has 0 bridgehead atoms. The van der Waals surface area contributed by atoms with E-state index in [1.165, 1.54) is 0 Å². The number of nitrogens with one attached hydrogen (secondary N) is 1. The lowest BCUT2D eigenvalue weighted by Crippen LogP contribution is -2.16. The van der Waals surface area contributed by atoms with Gasteiger partial charge in [0.2, 0.25) is 0 Å². The Bertz CT molecular complexity index is 1130. The fourth-order valence-corrected chi connectivity index (χ4v) is 3.20. The summed E-state index contributed by atoms with van der Waals surface area (Å²) in [4.78, 5) is 21.9. The molecule has 0 unspecified atom stereocenters. The quantitative estimate of drug-likeness (QED) is 0.602. The normalized spacial score (nSPS) is 10.9. The van der Waals surface area contributed by atoms with Gasteiger partial charge in [0.15, 0.2) is 5.65 Å². The average molecular weight is 357 g/mol. The van der Waals surface area contributed by atoms with Crippen molar-refractivity contribution in [1.82, 2.24) is 19.7 Å². The number of carbonyl (C=O) groups is 1. The predicted octanol–water partition coefficient (Wildman–Crippen LogP) is 3.99. The Morgan fingerprint density at radius 2 is 1.74 bits per heavy atom. The number of anilines is 1. The predicted molar refractivity (Wildman–Crippen MR) is 105 cm³/mol. The second kappa shape index (κ2) is 6.64. The van der Waals surface area contributed by atoms with Gasteiger partial charge in [-0.1, -0.05) is 18.2 Å². The van der Waals surface area contributed by atoms with Gasteiger partial charge in [-0.05, 0) is 50.1 Å². The molecule has 0 saturated carbocycles. The smallest absolute Gasteiger partial charge is 0.256 e. The number of aromatic nitrogens is 4. The minimum absolute atomic E-state index is 0.188.